The molecular weight excluding hydrogens is 224 g/mol. The molecule has 0 unspecified atom stereocenters. The number of nitrogens with two attached hydrogens (primary N) is 1. The normalized spacial score (nSPS) is 22.6. The van der Waals surface area contributed by atoms with Crippen LogP contribution in [0.15, 0.2) is 18.2 Å². The standard InChI is InChI=1S/C15H22N2O/c1-3-9-17-14-8-7-12-11(10(14)2)5-4-6-13(12)15(16)18/h4-6,10,14,17H,3,7-9H2,1-2H3,(H2,16,18)/t10-,14+/m0/s1. The zero-order valence-corrected chi connectivity index (χ0v) is 11.2. The molecule has 1 aliphatic rings. The number of hydrogen-bond acceptors (Lipinski definition) is 2. The van der Waals surface area contributed by atoms with Crippen LogP contribution in [-0.4, -0.2) is 18.5 Å². The molecule has 0 aromatic heterocycles. The van der Waals surface area contributed by atoms with E-state index in [1.807, 2.05) is 12.1 Å². The van der Waals surface area contributed by atoms with Gasteiger partial charge in [-0.2, -0.15) is 0 Å². The lowest BCUT2D eigenvalue weighted by Crippen LogP contribution is -2.38. The Morgan fingerprint density at radius 1 is 1.50 bits per heavy atom. The van der Waals surface area contributed by atoms with Crippen LogP contribution in [0.2, 0.25) is 0 Å². The first kappa shape index (κ1) is 13.1. The molecule has 1 aliphatic carbocycles. The van der Waals surface area contributed by atoms with Crippen LogP contribution in [-0.2, 0) is 6.42 Å². The van der Waals surface area contributed by atoms with Crippen molar-refractivity contribution in [3.8, 4) is 0 Å². The number of benzene rings is 1. The quantitative estimate of drug-likeness (QED) is 0.855. The molecule has 3 nitrogen and oxygen atoms in total. The highest BCUT2D eigenvalue weighted by atomic mass is 16.1. The van der Waals surface area contributed by atoms with Gasteiger partial charge in [0.1, 0.15) is 0 Å². The zero-order valence-electron chi connectivity index (χ0n) is 11.2. The molecule has 0 spiro atoms. The number of carbonyl (C=O) groups excluding carboxylic acids is 1. The lowest BCUT2D eigenvalue weighted by atomic mass is 9.78. The Labute approximate surface area is 109 Å². The Balaban J connectivity index is 2.27. The van der Waals surface area contributed by atoms with E-state index in [9.17, 15) is 4.79 Å². The summed E-state index contributed by atoms with van der Waals surface area (Å²) >= 11 is 0. The number of nitrogens with one attached hydrogen (secondary N) is 1. The molecule has 2 atom stereocenters. The van der Waals surface area contributed by atoms with E-state index in [4.69, 9.17) is 5.73 Å². The van der Waals surface area contributed by atoms with Gasteiger partial charge in [0, 0.05) is 11.6 Å². The number of primary amides is 1. The van der Waals surface area contributed by atoms with Gasteiger partial charge in [-0.15, -0.1) is 0 Å². The Morgan fingerprint density at radius 2 is 2.28 bits per heavy atom. The van der Waals surface area contributed by atoms with Gasteiger partial charge in [0.15, 0.2) is 0 Å². The molecule has 0 bridgehead atoms. The average Bonchev–Trinajstić information content (AvgIpc) is 2.37. The SMILES string of the molecule is CCCN[C@@H]1CCc2c(C(N)=O)cccc2[C@@H]1C. The van der Waals surface area contributed by atoms with Crippen molar-refractivity contribution in [2.75, 3.05) is 6.54 Å². The summed E-state index contributed by atoms with van der Waals surface area (Å²) < 4.78 is 0. The van der Waals surface area contributed by atoms with E-state index < -0.39 is 0 Å². The summed E-state index contributed by atoms with van der Waals surface area (Å²) in [6.07, 6.45) is 3.18. The molecular formula is C15H22N2O. The summed E-state index contributed by atoms with van der Waals surface area (Å²) in [7, 11) is 0. The largest absolute Gasteiger partial charge is 0.366 e. The van der Waals surface area contributed by atoms with Crippen LogP contribution in [0.3, 0.4) is 0 Å². The summed E-state index contributed by atoms with van der Waals surface area (Å²) in [6.45, 7) is 5.47. The Kier molecular flexibility index (Phi) is 4.02. The fraction of sp³-hybridized carbons (Fsp3) is 0.533. The number of fused-ring (bicyclic) bond motifs is 1. The first-order valence-corrected chi connectivity index (χ1v) is 6.80. The number of amides is 1. The molecule has 0 radical (unpaired) electrons. The zero-order chi connectivity index (χ0) is 13.1. The predicted molar refractivity (Wildman–Crippen MR) is 73.8 cm³/mol. The fourth-order valence-corrected chi connectivity index (χ4v) is 2.92. The Hall–Kier alpha value is -1.35. The molecule has 1 amide bonds. The summed E-state index contributed by atoms with van der Waals surface area (Å²) in [4.78, 5) is 11.4. The van der Waals surface area contributed by atoms with Crippen molar-refractivity contribution in [3.63, 3.8) is 0 Å². The summed E-state index contributed by atoms with van der Waals surface area (Å²) in [5.41, 5.74) is 8.59. The second kappa shape index (κ2) is 5.53. The fourth-order valence-electron chi connectivity index (χ4n) is 2.92. The van der Waals surface area contributed by atoms with E-state index in [-0.39, 0.29) is 5.91 Å². The van der Waals surface area contributed by atoms with Crippen molar-refractivity contribution in [1.82, 2.24) is 5.32 Å². The van der Waals surface area contributed by atoms with Crippen molar-refractivity contribution in [2.45, 2.75) is 45.1 Å². The Morgan fingerprint density at radius 3 is 2.94 bits per heavy atom. The van der Waals surface area contributed by atoms with E-state index in [1.54, 1.807) is 0 Å². The number of carbonyl (C=O) groups is 1. The first-order valence-electron chi connectivity index (χ1n) is 6.80. The van der Waals surface area contributed by atoms with Crippen molar-refractivity contribution in [2.24, 2.45) is 5.73 Å². The molecule has 0 heterocycles. The van der Waals surface area contributed by atoms with Crippen LogP contribution in [0.5, 0.6) is 0 Å². The van der Waals surface area contributed by atoms with Gasteiger partial charge in [-0.25, -0.2) is 0 Å². The van der Waals surface area contributed by atoms with Crippen LogP contribution >= 0.6 is 0 Å². The van der Waals surface area contributed by atoms with Crippen LogP contribution in [0.25, 0.3) is 0 Å². The van der Waals surface area contributed by atoms with Crippen LogP contribution in [0, 0.1) is 0 Å². The summed E-state index contributed by atoms with van der Waals surface area (Å²) in [6, 6.07) is 6.43. The molecule has 1 aromatic rings. The third-order valence-corrected chi connectivity index (χ3v) is 3.93. The van der Waals surface area contributed by atoms with Gasteiger partial charge in [-0.05, 0) is 48.9 Å². The second-order valence-electron chi connectivity index (χ2n) is 5.13. The van der Waals surface area contributed by atoms with Crippen molar-refractivity contribution in [1.29, 1.82) is 0 Å². The number of rotatable bonds is 4. The predicted octanol–water partition coefficient (Wildman–Crippen LogP) is 2.20. The topological polar surface area (TPSA) is 55.1 Å². The van der Waals surface area contributed by atoms with E-state index in [2.05, 4.69) is 25.2 Å². The maximum absolute atomic E-state index is 11.4. The van der Waals surface area contributed by atoms with Gasteiger partial charge >= 0.3 is 0 Å². The lowest BCUT2D eigenvalue weighted by molar-refractivity contribution is 0.0999. The molecule has 98 valence electrons. The molecule has 0 saturated heterocycles. The van der Waals surface area contributed by atoms with Gasteiger partial charge in [-0.1, -0.05) is 26.0 Å². The molecule has 18 heavy (non-hydrogen) atoms. The molecule has 3 N–H and O–H groups in total. The summed E-state index contributed by atoms with van der Waals surface area (Å²) in [5.74, 6) is 0.138. The van der Waals surface area contributed by atoms with Crippen molar-refractivity contribution >= 4 is 5.91 Å². The minimum atomic E-state index is -0.306. The van der Waals surface area contributed by atoms with E-state index in [0.29, 0.717) is 17.5 Å². The van der Waals surface area contributed by atoms with Crippen molar-refractivity contribution in [3.05, 3.63) is 34.9 Å². The highest BCUT2D eigenvalue weighted by Crippen LogP contribution is 2.33. The molecule has 0 saturated carbocycles. The maximum atomic E-state index is 11.4. The Bertz CT molecular complexity index is 442. The van der Waals surface area contributed by atoms with E-state index in [1.165, 1.54) is 5.56 Å². The smallest absolute Gasteiger partial charge is 0.248 e. The van der Waals surface area contributed by atoms with Gasteiger partial charge in [0.2, 0.25) is 5.91 Å². The third-order valence-electron chi connectivity index (χ3n) is 3.93. The maximum Gasteiger partial charge on any atom is 0.248 e. The lowest BCUT2D eigenvalue weighted by Gasteiger charge is -2.33. The minimum Gasteiger partial charge on any atom is -0.366 e. The van der Waals surface area contributed by atoms with Gasteiger partial charge in [0.05, 0.1) is 0 Å². The van der Waals surface area contributed by atoms with Gasteiger partial charge in [-0.3, -0.25) is 4.79 Å². The van der Waals surface area contributed by atoms with E-state index >= 15 is 0 Å². The minimum absolute atomic E-state index is 0.306. The van der Waals surface area contributed by atoms with Crippen LogP contribution < -0.4 is 11.1 Å². The van der Waals surface area contributed by atoms with Crippen LogP contribution in [0.4, 0.5) is 0 Å². The second-order valence-corrected chi connectivity index (χ2v) is 5.13. The molecule has 2 rings (SSSR count). The average molecular weight is 246 g/mol. The molecule has 1 aromatic carbocycles. The first-order chi connectivity index (χ1) is 8.65. The summed E-state index contributed by atoms with van der Waals surface area (Å²) in [5, 5.41) is 3.59. The molecule has 0 fully saturated rings. The third kappa shape index (κ3) is 2.41. The monoisotopic (exact) mass is 246 g/mol. The molecule has 0 aliphatic heterocycles. The number of hydrogen-bond donors (Lipinski definition) is 2. The van der Waals surface area contributed by atoms with Gasteiger partial charge < -0.3 is 11.1 Å². The van der Waals surface area contributed by atoms with Crippen LogP contribution in [0.1, 0.15) is 54.1 Å². The highest BCUT2D eigenvalue weighted by molar-refractivity contribution is 5.94. The van der Waals surface area contributed by atoms with Crippen molar-refractivity contribution < 1.29 is 4.79 Å². The van der Waals surface area contributed by atoms with Gasteiger partial charge in [0.25, 0.3) is 0 Å². The molecule has 3 heteroatoms. The highest BCUT2D eigenvalue weighted by Gasteiger charge is 2.27. The van der Waals surface area contributed by atoms with E-state index in [0.717, 1.165) is 31.4 Å².